The molecule has 1 amide bonds. The molecular formula is C12H22N2O. The van der Waals surface area contributed by atoms with Crippen molar-refractivity contribution in [3.63, 3.8) is 0 Å². The number of nitrogens with one attached hydrogen (secondary N) is 2. The second-order valence-corrected chi connectivity index (χ2v) is 4.13. The molecule has 1 aliphatic rings. The van der Waals surface area contributed by atoms with Crippen molar-refractivity contribution in [2.75, 3.05) is 19.6 Å². The second kappa shape index (κ2) is 7.46. The lowest BCUT2D eigenvalue weighted by molar-refractivity contribution is -0.120. The van der Waals surface area contributed by atoms with Crippen LogP contribution in [0.5, 0.6) is 0 Å². The van der Waals surface area contributed by atoms with Crippen molar-refractivity contribution in [3.05, 3.63) is 12.2 Å². The molecular weight excluding hydrogens is 188 g/mol. The molecule has 86 valence electrons. The topological polar surface area (TPSA) is 41.1 Å². The fraction of sp³-hybridized carbons (Fsp3) is 0.750. The van der Waals surface area contributed by atoms with Crippen LogP contribution in [0.3, 0.4) is 0 Å². The zero-order chi connectivity index (χ0) is 10.9. The maximum Gasteiger partial charge on any atom is 0.233 e. The van der Waals surface area contributed by atoms with Gasteiger partial charge in [-0.2, -0.15) is 0 Å². The van der Waals surface area contributed by atoms with Gasteiger partial charge in [0.25, 0.3) is 0 Å². The molecule has 0 aromatic carbocycles. The lowest BCUT2D eigenvalue weighted by Crippen LogP contribution is -2.36. The Morgan fingerprint density at radius 3 is 3.00 bits per heavy atom. The normalized spacial score (nSPS) is 20.2. The number of carbonyl (C=O) groups excluding carboxylic acids is 1. The first-order chi connectivity index (χ1) is 7.33. The van der Waals surface area contributed by atoms with Gasteiger partial charge in [0.1, 0.15) is 0 Å². The zero-order valence-corrected chi connectivity index (χ0v) is 9.59. The van der Waals surface area contributed by atoms with Crippen molar-refractivity contribution < 1.29 is 4.79 Å². The van der Waals surface area contributed by atoms with Gasteiger partial charge in [-0.05, 0) is 38.1 Å². The molecule has 0 aromatic heterocycles. The number of allylic oxidation sites excluding steroid dienone is 2. The van der Waals surface area contributed by atoms with Gasteiger partial charge < -0.3 is 10.6 Å². The first-order valence-electron chi connectivity index (χ1n) is 5.95. The van der Waals surface area contributed by atoms with Crippen LogP contribution >= 0.6 is 0 Å². The van der Waals surface area contributed by atoms with Gasteiger partial charge in [0.05, 0.1) is 6.54 Å². The van der Waals surface area contributed by atoms with E-state index in [2.05, 4.69) is 29.7 Å². The summed E-state index contributed by atoms with van der Waals surface area (Å²) in [5.74, 6) is 0.831. The Kier molecular flexibility index (Phi) is 6.09. The molecule has 3 nitrogen and oxygen atoms in total. The molecule has 3 heteroatoms. The van der Waals surface area contributed by atoms with Crippen molar-refractivity contribution in [1.82, 2.24) is 10.6 Å². The van der Waals surface area contributed by atoms with E-state index in [1.807, 2.05) is 0 Å². The number of hydrogen-bond donors (Lipinski definition) is 2. The van der Waals surface area contributed by atoms with E-state index >= 15 is 0 Å². The molecule has 0 radical (unpaired) electrons. The molecule has 1 rings (SSSR count). The molecule has 0 fully saturated rings. The standard InChI is InChI=1S/C12H22N2O/c1-2-8-14-12(15)10-13-9-11-6-4-3-5-7-11/h3-4,11,13H,2,5-10H2,1H3,(H,14,15). The molecule has 0 aliphatic heterocycles. The summed E-state index contributed by atoms with van der Waals surface area (Å²) in [4.78, 5) is 11.3. The van der Waals surface area contributed by atoms with Gasteiger partial charge >= 0.3 is 0 Å². The van der Waals surface area contributed by atoms with Crippen molar-refractivity contribution in [2.24, 2.45) is 5.92 Å². The summed E-state index contributed by atoms with van der Waals surface area (Å²) in [6.07, 6.45) is 9.08. The highest BCUT2D eigenvalue weighted by Gasteiger charge is 2.09. The Morgan fingerprint density at radius 1 is 1.47 bits per heavy atom. The lowest BCUT2D eigenvalue weighted by Gasteiger charge is -2.17. The Hall–Kier alpha value is -0.830. The predicted molar refractivity (Wildman–Crippen MR) is 62.7 cm³/mol. The highest BCUT2D eigenvalue weighted by atomic mass is 16.1. The largest absolute Gasteiger partial charge is 0.355 e. The van der Waals surface area contributed by atoms with Gasteiger partial charge in [-0.3, -0.25) is 4.79 Å². The monoisotopic (exact) mass is 210 g/mol. The average molecular weight is 210 g/mol. The van der Waals surface area contributed by atoms with E-state index < -0.39 is 0 Å². The summed E-state index contributed by atoms with van der Waals surface area (Å²) in [7, 11) is 0. The molecule has 0 saturated heterocycles. The van der Waals surface area contributed by atoms with Crippen LogP contribution in [-0.2, 0) is 4.79 Å². The van der Waals surface area contributed by atoms with Gasteiger partial charge in [0, 0.05) is 6.54 Å². The van der Waals surface area contributed by atoms with E-state index in [9.17, 15) is 4.79 Å². The third-order valence-electron chi connectivity index (χ3n) is 2.67. The fourth-order valence-corrected chi connectivity index (χ4v) is 1.76. The molecule has 1 aliphatic carbocycles. The molecule has 1 atom stereocenters. The number of rotatable bonds is 6. The van der Waals surface area contributed by atoms with E-state index in [0.29, 0.717) is 12.5 Å². The van der Waals surface area contributed by atoms with E-state index in [0.717, 1.165) is 25.9 Å². The van der Waals surface area contributed by atoms with Gasteiger partial charge in [-0.25, -0.2) is 0 Å². The third kappa shape index (κ3) is 5.57. The minimum Gasteiger partial charge on any atom is -0.355 e. The molecule has 0 saturated carbocycles. The predicted octanol–water partition coefficient (Wildman–Crippen LogP) is 1.46. The van der Waals surface area contributed by atoms with Gasteiger partial charge in [0.2, 0.25) is 5.91 Å². The zero-order valence-electron chi connectivity index (χ0n) is 9.59. The highest BCUT2D eigenvalue weighted by Crippen LogP contribution is 2.16. The Labute approximate surface area is 92.3 Å². The van der Waals surface area contributed by atoms with Crippen molar-refractivity contribution >= 4 is 5.91 Å². The van der Waals surface area contributed by atoms with Crippen LogP contribution in [0.1, 0.15) is 32.6 Å². The minimum absolute atomic E-state index is 0.114. The quantitative estimate of drug-likeness (QED) is 0.652. The van der Waals surface area contributed by atoms with Crippen LogP contribution in [0.4, 0.5) is 0 Å². The van der Waals surface area contributed by atoms with Gasteiger partial charge in [0.15, 0.2) is 0 Å². The number of carbonyl (C=O) groups is 1. The van der Waals surface area contributed by atoms with Gasteiger partial charge in [-0.1, -0.05) is 19.1 Å². The minimum atomic E-state index is 0.114. The lowest BCUT2D eigenvalue weighted by atomic mass is 9.94. The van der Waals surface area contributed by atoms with Crippen LogP contribution in [0, 0.1) is 5.92 Å². The summed E-state index contributed by atoms with van der Waals surface area (Å²) < 4.78 is 0. The Balaban J connectivity index is 2.00. The Morgan fingerprint density at radius 2 is 2.33 bits per heavy atom. The Bertz CT molecular complexity index is 214. The summed E-state index contributed by atoms with van der Waals surface area (Å²) in [6, 6.07) is 0. The highest BCUT2D eigenvalue weighted by molar-refractivity contribution is 5.77. The molecule has 15 heavy (non-hydrogen) atoms. The maximum absolute atomic E-state index is 11.3. The van der Waals surface area contributed by atoms with Crippen molar-refractivity contribution in [1.29, 1.82) is 0 Å². The third-order valence-corrected chi connectivity index (χ3v) is 2.67. The van der Waals surface area contributed by atoms with E-state index in [1.165, 1.54) is 12.8 Å². The van der Waals surface area contributed by atoms with Crippen LogP contribution in [0.25, 0.3) is 0 Å². The second-order valence-electron chi connectivity index (χ2n) is 4.13. The van der Waals surface area contributed by atoms with E-state index in [-0.39, 0.29) is 5.91 Å². The summed E-state index contributed by atoms with van der Waals surface area (Å²) in [5.41, 5.74) is 0. The van der Waals surface area contributed by atoms with E-state index in [1.54, 1.807) is 0 Å². The molecule has 0 bridgehead atoms. The van der Waals surface area contributed by atoms with Crippen LogP contribution in [0.15, 0.2) is 12.2 Å². The van der Waals surface area contributed by atoms with Crippen LogP contribution in [-0.4, -0.2) is 25.5 Å². The van der Waals surface area contributed by atoms with Crippen LogP contribution < -0.4 is 10.6 Å². The summed E-state index contributed by atoms with van der Waals surface area (Å²) in [5, 5.41) is 6.07. The average Bonchev–Trinajstić information content (AvgIpc) is 2.28. The molecule has 1 unspecified atom stereocenters. The number of amides is 1. The summed E-state index contributed by atoms with van der Waals surface area (Å²) in [6.45, 7) is 4.26. The molecule has 0 aromatic rings. The van der Waals surface area contributed by atoms with Gasteiger partial charge in [-0.15, -0.1) is 0 Å². The first kappa shape index (κ1) is 12.2. The van der Waals surface area contributed by atoms with Crippen LogP contribution in [0.2, 0.25) is 0 Å². The first-order valence-corrected chi connectivity index (χ1v) is 5.95. The molecule has 0 heterocycles. The van der Waals surface area contributed by atoms with E-state index in [4.69, 9.17) is 0 Å². The fourth-order valence-electron chi connectivity index (χ4n) is 1.76. The van der Waals surface area contributed by atoms with Crippen molar-refractivity contribution in [2.45, 2.75) is 32.6 Å². The smallest absolute Gasteiger partial charge is 0.233 e. The SMILES string of the molecule is CCCNC(=O)CNCC1CC=CCC1. The maximum atomic E-state index is 11.3. The molecule has 0 spiro atoms. The molecule has 2 N–H and O–H groups in total. The summed E-state index contributed by atoms with van der Waals surface area (Å²) >= 11 is 0. The van der Waals surface area contributed by atoms with Crippen molar-refractivity contribution in [3.8, 4) is 0 Å². The number of hydrogen-bond acceptors (Lipinski definition) is 2.